The van der Waals surface area contributed by atoms with Gasteiger partial charge in [0.15, 0.2) is 0 Å². The van der Waals surface area contributed by atoms with E-state index in [1.54, 1.807) is 0 Å². The molecule has 5 rings (SSSR count). The Morgan fingerprint density at radius 1 is 0.690 bits per heavy atom. The van der Waals surface area contributed by atoms with Crippen LogP contribution in [0.1, 0.15) is 25.3 Å². The number of fused-ring (bicyclic) bond motifs is 3. The standard InChI is InChI=1S/C27H22N2/c1-18(2)19-10-12-21(13-11-19)26-17-23(20-7-4-3-5-8-20)27-22-9-6-16-28-24(22)14-15-25(27)29-26/h3-18H,1-2H3. The SMILES string of the molecule is CC(C)c1ccc(-c2cc(-c3ccccc3)c3c(ccc4ncccc43)n2)cc1. The van der Waals surface area contributed by atoms with Gasteiger partial charge in [-0.15, -0.1) is 0 Å². The van der Waals surface area contributed by atoms with E-state index in [2.05, 4.69) is 97.7 Å². The summed E-state index contributed by atoms with van der Waals surface area (Å²) in [4.78, 5) is 9.57. The van der Waals surface area contributed by atoms with Gasteiger partial charge in [-0.05, 0) is 46.9 Å². The van der Waals surface area contributed by atoms with E-state index >= 15 is 0 Å². The summed E-state index contributed by atoms with van der Waals surface area (Å²) < 4.78 is 0. The predicted molar refractivity (Wildman–Crippen MR) is 122 cm³/mol. The van der Waals surface area contributed by atoms with Crippen molar-refractivity contribution in [1.29, 1.82) is 0 Å². The average Bonchev–Trinajstić information content (AvgIpc) is 2.78. The van der Waals surface area contributed by atoms with Crippen molar-refractivity contribution >= 4 is 21.8 Å². The monoisotopic (exact) mass is 374 g/mol. The van der Waals surface area contributed by atoms with Crippen molar-refractivity contribution in [2.24, 2.45) is 0 Å². The highest BCUT2D eigenvalue weighted by atomic mass is 14.7. The molecule has 0 spiro atoms. The molecule has 0 amide bonds. The fraction of sp³-hybridized carbons (Fsp3) is 0.111. The molecule has 2 aromatic heterocycles. The maximum Gasteiger partial charge on any atom is 0.0723 e. The maximum absolute atomic E-state index is 5.03. The maximum atomic E-state index is 5.03. The van der Waals surface area contributed by atoms with Gasteiger partial charge in [0.25, 0.3) is 0 Å². The first kappa shape index (κ1) is 17.6. The van der Waals surface area contributed by atoms with E-state index in [-0.39, 0.29) is 0 Å². The van der Waals surface area contributed by atoms with E-state index in [4.69, 9.17) is 4.98 Å². The first-order chi connectivity index (χ1) is 14.2. The molecule has 0 bridgehead atoms. The van der Waals surface area contributed by atoms with Crippen LogP contribution in [0.5, 0.6) is 0 Å². The normalized spacial score (nSPS) is 11.4. The highest BCUT2D eigenvalue weighted by molar-refractivity contribution is 6.12. The Bertz CT molecular complexity index is 1300. The summed E-state index contributed by atoms with van der Waals surface area (Å²) in [7, 11) is 0. The van der Waals surface area contributed by atoms with Gasteiger partial charge in [0.05, 0.1) is 16.7 Å². The Hall–Kier alpha value is -3.52. The molecule has 140 valence electrons. The molecule has 0 saturated heterocycles. The van der Waals surface area contributed by atoms with E-state index in [0.29, 0.717) is 5.92 Å². The van der Waals surface area contributed by atoms with Gasteiger partial charge in [-0.25, -0.2) is 4.98 Å². The molecule has 0 aliphatic heterocycles. The molecule has 0 atom stereocenters. The van der Waals surface area contributed by atoms with Crippen molar-refractivity contribution in [2.75, 3.05) is 0 Å². The number of hydrogen-bond donors (Lipinski definition) is 0. The van der Waals surface area contributed by atoms with Crippen LogP contribution in [0.25, 0.3) is 44.2 Å². The van der Waals surface area contributed by atoms with Crippen LogP contribution < -0.4 is 0 Å². The molecule has 2 nitrogen and oxygen atoms in total. The number of benzene rings is 3. The molecule has 0 N–H and O–H groups in total. The van der Waals surface area contributed by atoms with E-state index in [0.717, 1.165) is 33.1 Å². The van der Waals surface area contributed by atoms with Crippen LogP contribution in [0.15, 0.2) is 91.1 Å². The van der Waals surface area contributed by atoms with Crippen LogP contribution in [0.3, 0.4) is 0 Å². The van der Waals surface area contributed by atoms with Gasteiger partial charge in [0.1, 0.15) is 0 Å². The zero-order valence-corrected chi connectivity index (χ0v) is 16.6. The van der Waals surface area contributed by atoms with Gasteiger partial charge in [-0.2, -0.15) is 0 Å². The van der Waals surface area contributed by atoms with Crippen LogP contribution >= 0.6 is 0 Å². The number of aromatic nitrogens is 2. The lowest BCUT2D eigenvalue weighted by Crippen LogP contribution is -1.93. The third kappa shape index (κ3) is 3.17. The highest BCUT2D eigenvalue weighted by Gasteiger charge is 2.13. The summed E-state index contributed by atoms with van der Waals surface area (Å²) >= 11 is 0. The predicted octanol–water partition coefficient (Wildman–Crippen LogP) is 7.24. The molecule has 0 aliphatic carbocycles. The Labute approximate surface area is 170 Å². The summed E-state index contributed by atoms with van der Waals surface area (Å²) in [6.45, 7) is 4.44. The molecule has 2 heteroatoms. The molecule has 29 heavy (non-hydrogen) atoms. The molecular weight excluding hydrogens is 352 g/mol. The third-order valence-corrected chi connectivity index (χ3v) is 5.51. The summed E-state index contributed by atoms with van der Waals surface area (Å²) in [5.41, 5.74) is 7.85. The second-order valence-corrected chi connectivity index (χ2v) is 7.73. The molecule has 5 aromatic rings. The number of hydrogen-bond acceptors (Lipinski definition) is 2. The molecular formula is C27H22N2. The molecule has 2 heterocycles. The fourth-order valence-corrected chi connectivity index (χ4v) is 3.92. The first-order valence-corrected chi connectivity index (χ1v) is 10.0. The number of pyridine rings is 2. The van der Waals surface area contributed by atoms with Crippen molar-refractivity contribution in [3.05, 3.63) is 96.7 Å². The average molecular weight is 374 g/mol. The van der Waals surface area contributed by atoms with Gasteiger partial charge in [0.2, 0.25) is 0 Å². The van der Waals surface area contributed by atoms with E-state index in [1.807, 2.05) is 12.3 Å². The molecule has 0 fully saturated rings. The van der Waals surface area contributed by atoms with E-state index in [9.17, 15) is 0 Å². The van der Waals surface area contributed by atoms with Crippen LogP contribution in [0.2, 0.25) is 0 Å². The molecule has 0 aliphatic rings. The lowest BCUT2D eigenvalue weighted by molar-refractivity contribution is 0.867. The summed E-state index contributed by atoms with van der Waals surface area (Å²) in [6.07, 6.45) is 1.84. The lowest BCUT2D eigenvalue weighted by atomic mass is 9.95. The minimum atomic E-state index is 0.521. The van der Waals surface area contributed by atoms with E-state index in [1.165, 1.54) is 16.7 Å². The Balaban J connectivity index is 1.80. The summed E-state index contributed by atoms with van der Waals surface area (Å²) in [5, 5.41) is 2.29. The van der Waals surface area contributed by atoms with Gasteiger partial charge in [0, 0.05) is 22.5 Å². The topological polar surface area (TPSA) is 25.8 Å². The minimum absolute atomic E-state index is 0.521. The number of rotatable bonds is 3. The molecule has 0 radical (unpaired) electrons. The van der Waals surface area contributed by atoms with Crippen molar-refractivity contribution in [2.45, 2.75) is 19.8 Å². The largest absolute Gasteiger partial charge is 0.256 e. The summed E-state index contributed by atoms with van der Waals surface area (Å²) in [5.74, 6) is 0.521. The van der Waals surface area contributed by atoms with Crippen molar-refractivity contribution in [1.82, 2.24) is 9.97 Å². The van der Waals surface area contributed by atoms with Gasteiger partial charge in [-0.1, -0.05) is 74.5 Å². The molecule has 0 unspecified atom stereocenters. The second-order valence-electron chi connectivity index (χ2n) is 7.73. The van der Waals surface area contributed by atoms with E-state index < -0.39 is 0 Å². The van der Waals surface area contributed by atoms with Gasteiger partial charge < -0.3 is 0 Å². The van der Waals surface area contributed by atoms with Crippen molar-refractivity contribution in [3.63, 3.8) is 0 Å². The Morgan fingerprint density at radius 3 is 2.21 bits per heavy atom. The van der Waals surface area contributed by atoms with Crippen molar-refractivity contribution in [3.8, 4) is 22.4 Å². The van der Waals surface area contributed by atoms with Crippen LogP contribution in [0, 0.1) is 0 Å². The quantitative estimate of drug-likeness (QED) is 0.311. The molecule has 0 saturated carbocycles. The smallest absolute Gasteiger partial charge is 0.0723 e. The summed E-state index contributed by atoms with van der Waals surface area (Å²) in [6, 6.07) is 29.8. The Kier molecular flexibility index (Phi) is 4.33. The minimum Gasteiger partial charge on any atom is -0.256 e. The zero-order valence-electron chi connectivity index (χ0n) is 16.6. The second kappa shape index (κ2) is 7.14. The lowest BCUT2D eigenvalue weighted by Gasteiger charge is -2.13. The third-order valence-electron chi connectivity index (χ3n) is 5.51. The number of nitrogens with zero attached hydrogens (tertiary/aromatic N) is 2. The Morgan fingerprint density at radius 2 is 1.45 bits per heavy atom. The van der Waals surface area contributed by atoms with Crippen LogP contribution in [0.4, 0.5) is 0 Å². The molecule has 3 aromatic carbocycles. The zero-order chi connectivity index (χ0) is 19.8. The fourth-order valence-electron chi connectivity index (χ4n) is 3.92. The highest BCUT2D eigenvalue weighted by Crippen LogP contribution is 2.36. The van der Waals surface area contributed by atoms with Crippen LogP contribution in [-0.4, -0.2) is 9.97 Å². The van der Waals surface area contributed by atoms with Crippen LogP contribution in [-0.2, 0) is 0 Å². The van der Waals surface area contributed by atoms with Gasteiger partial charge in [-0.3, -0.25) is 4.98 Å². The first-order valence-electron chi connectivity index (χ1n) is 10.0. The van der Waals surface area contributed by atoms with Gasteiger partial charge >= 0.3 is 0 Å². The van der Waals surface area contributed by atoms with Crippen molar-refractivity contribution < 1.29 is 0 Å².